The van der Waals surface area contributed by atoms with Gasteiger partial charge in [-0.3, -0.25) is 0 Å². The van der Waals surface area contributed by atoms with Gasteiger partial charge in [0.05, 0.1) is 0 Å². The number of hydrogen-bond acceptors (Lipinski definition) is 3. The van der Waals surface area contributed by atoms with Gasteiger partial charge in [0.15, 0.2) is 0 Å². The maximum absolute atomic E-state index is 5.86. The third-order valence-electron chi connectivity index (χ3n) is 3.29. The summed E-state index contributed by atoms with van der Waals surface area (Å²) < 4.78 is 5.86. The Morgan fingerprint density at radius 3 is 2.18 bits per heavy atom. The fourth-order valence-corrected chi connectivity index (χ4v) is 2.36. The van der Waals surface area contributed by atoms with Crippen LogP contribution in [0.15, 0.2) is 83.8 Å². The quantitative estimate of drug-likeness (QED) is 0.617. The zero-order chi connectivity index (χ0) is 15.2. The van der Waals surface area contributed by atoms with Gasteiger partial charge in [-0.05, 0) is 48.0 Å². The van der Waals surface area contributed by atoms with E-state index in [2.05, 4.69) is 17.9 Å². The summed E-state index contributed by atoms with van der Waals surface area (Å²) in [5.41, 5.74) is 2.19. The van der Waals surface area contributed by atoms with E-state index in [-0.39, 0.29) is 0 Å². The summed E-state index contributed by atoms with van der Waals surface area (Å²) in [4.78, 5) is 0.948. The van der Waals surface area contributed by atoms with E-state index in [0.717, 1.165) is 27.6 Å². The number of anilines is 1. The first kappa shape index (κ1) is 14.5. The van der Waals surface area contributed by atoms with E-state index >= 15 is 0 Å². The van der Waals surface area contributed by atoms with Crippen molar-refractivity contribution in [2.24, 2.45) is 0 Å². The SMILES string of the molecule is Sc1ccc(Oc2ccccc2)cc1CNc1ccccc1. The smallest absolute Gasteiger partial charge is 0.127 e. The minimum absolute atomic E-state index is 0.703. The van der Waals surface area contributed by atoms with Crippen LogP contribution in [0.4, 0.5) is 5.69 Å². The van der Waals surface area contributed by atoms with Crippen molar-refractivity contribution in [2.75, 3.05) is 5.32 Å². The number of rotatable bonds is 5. The minimum atomic E-state index is 0.703. The highest BCUT2D eigenvalue weighted by molar-refractivity contribution is 7.80. The number of ether oxygens (including phenoxy) is 1. The molecular weight excluding hydrogens is 290 g/mol. The van der Waals surface area contributed by atoms with E-state index in [9.17, 15) is 0 Å². The molecule has 3 heteroatoms. The molecule has 3 aromatic rings. The molecule has 1 N–H and O–H groups in total. The maximum atomic E-state index is 5.86. The molecule has 0 saturated carbocycles. The maximum Gasteiger partial charge on any atom is 0.127 e. The molecule has 3 aromatic carbocycles. The molecule has 0 radical (unpaired) electrons. The second-order valence-electron chi connectivity index (χ2n) is 4.93. The molecule has 0 saturated heterocycles. The lowest BCUT2D eigenvalue weighted by Crippen LogP contribution is -2.00. The molecule has 0 amide bonds. The Kier molecular flexibility index (Phi) is 4.66. The van der Waals surface area contributed by atoms with Crippen molar-refractivity contribution in [3.63, 3.8) is 0 Å². The van der Waals surface area contributed by atoms with Crippen molar-refractivity contribution in [1.82, 2.24) is 0 Å². The van der Waals surface area contributed by atoms with Gasteiger partial charge in [0.25, 0.3) is 0 Å². The molecule has 0 fully saturated rings. The number of hydrogen-bond donors (Lipinski definition) is 2. The van der Waals surface area contributed by atoms with E-state index in [4.69, 9.17) is 4.74 Å². The average Bonchev–Trinajstić information content (AvgIpc) is 2.57. The van der Waals surface area contributed by atoms with Crippen LogP contribution in [0.3, 0.4) is 0 Å². The lowest BCUT2D eigenvalue weighted by atomic mass is 10.2. The Morgan fingerprint density at radius 1 is 0.773 bits per heavy atom. The van der Waals surface area contributed by atoms with Crippen molar-refractivity contribution in [3.05, 3.63) is 84.4 Å². The Labute approximate surface area is 136 Å². The zero-order valence-electron chi connectivity index (χ0n) is 12.1. The molecule has 3 rings (SSSR count). The lowest BCUT2D eigenvalue weighted by Gasteiger charge is -2.11. The van der Waals surface area contributed by atoms with Crippen LogP contribution in [0.5, 0.6) is 11.5 Å². The van der Waals surface area contributed by atoms with Crippen molar-refractivity contribution in [2.45, 2.75) is 11.4 Å². The highest BCUT2D eigenvalue weighted by Gasteiger charge is 2.03. The van der Waals surface area contributed by atoms with Crippen LogP contribution in [0, 0.1) is 0 Å². The van der Waals surface area contributed by atoms with Crippen molar-refractivity contribution < 1.29 is 4.74 Å². The van der Waals surface area contributed by atoms with E-state index in [0.29, 0.717) is 6.54 Å². The van der Waals surface area contributed by atoms with Gasteiger partial charge in [-0.1, -0.05) is 36.4 Å². The largest absolute Gasteiger partial charge is 0.457 e. The van der Waals surface area contributed by atoms with Crippen LogP contribution in [0.25, 0.3) is 0 Å². The van der Waals surface area contributed by atoms with Gasteiger partial charge in [0, 0.05) is 17.1 Å². The highest BCUT2D eigenvalue weighted by Crippen LogP contribution is 2.26. The molecule has 0 atom stereocenters. The van der Waals surface area contributed by atoms with E-state index in [1.54, 1.807) is 0 Å². The number of nitrogens with one attached hydrogen (secondary N) is 1. The number of benzene rings is 3. The molecule has 0 bridgehead atoms. The van der Waals surface area contributed by atoms with Gasteiger partial charge < -0.3 is 10.1 Å². The van der Waals surface area contributed by atoms with Crippen LogP contribution in [-0.2, 0) is 6.54 Å². The van der Waals surface area contributed by atoms with Crippen molar-refractivity contribution in [1.29, 1.82) is 0 Å². The van der Waals surface area contributed by atoms with Crippen LogP contribution < -0.4 is 10.1 Å². The van der Waals surface area contributed by atoms with Gasteiger partial charge in [0.2, 0.25) is 0 Å². The van der Waals surface area contributed by atoms with Gasteiger partial charge in [-0.2, -0.15) is 0 Å². The zero-order valence-corrected chi connectivity index (χ0v) is 13.0. The summed E-state index contributed by atoms with van der Waals surface area (Å²) in [5.74, 6) is 1.64. The normalized spacial score (nSPS) is 10.2. The predicted molar refractivity (Wildman–Crippen MR) is 94.0 cm³/mol. The van der Waals surface area contributed by atoms with E-state index in [1.165, 1.54) is 0 Å². The molecule has 2 nitrogen and oxygen atoms in total. The molecule has 0 spiro atoms. The fraction of sp³-hybridized carbons (Fsp3) is 0.0526. The monoisotopic (exact) mass is 307 g/mol. The van der Waals surface area contributed by atoms with Crippen molar-refractivity contribution >= 4 is 18.3 Å². The Hall–Kier alpha value is -2.39. The molecule has 0 heterocycles. The standard InChI is InChI=1S/C19H17NOS/c22-19-12-11-18(21-17-9-5-2-6-10-17)13-15(19)14-20-16-7-3-1-4-8-16/h1-13,20,22H,14H2. The summed E-state index contributed by atoms with van der Waals surface area (Å²) in [5, 5.41) is 3.39. The molecule has 22 heavy (non-hydrogen) atoms. The Bertz CT molecular complexity index is 729. The molecular formula is C19H17NOS. The Balaban J connectivity index is 1.72. The molecule has 110 valence electrons. The number of para-hydroxylation sites is 2. The van der Waals surface area contributed by atoms with Crippen LogP contribution in [-0.4, -0.2) is 0 Å². The third-order valence-corrected chi connectivity index (χ3v) is 3.72. The molecule has 0 aliphatic rings. The van der Waals surface area contributed by atoms with Gasteiger partial charge >= 0.3 is 0 Å². The van der Waals surface area contributed by atoms with Crippen LogP contribution >= 0.6 is 12.6 Å². The number of thiol groups is 1. The van der Waals surface area contributed by atoms with Crippen LogP contribution in [0.2, 0.25) is 0 Å². The summed E-state index contributed by atoms with van der Waals surface area (Å²) in [6.07, 6.45) is 0. The molecule has 0 aliphatic heterocycles. The first-order valence-corrected chi connectivity index (χ1v) is 7.60. The first-order valence-electron chi connectivity index (χ1n) is 7.15. The molecule has 0 aromatic heterocycles. The third kappa shape index (κ3) is 3.83. The molecule has 0 unspecified atom stereocenters. The van der Waals surface area contributed by atoms with E-state index in [1.807, 2.05) is 78.9 Å². The van der Waals surface area contributed by atoms with Crippen LogP contribution in [0.1, 0.15) is 5.56 Å². The molecule has 0 aliphatic carbocycles. The first-order chi connectivity index (χ1) is 10.8. The van der Waals surface area contributed by atoms with Gasteiger partial charge in [-0.25, -0.2) is 0 Å². The second-order valence-corrected chi connectivity index (χ2v) is 5.41. The lowest BCUT2D eigenvalue weighted by molar-refractivity contribution is 0.481. The topological polar surface area (TPSA) is 21.3 Å². The predicted octanol–water partition coefficient (Wildman–Crippen LogP) is 5.38. The highest BCUT2D eigenvalue weighted by atomic mass is 32.1. The van der Waals surface area contributed by atoms with Crippen molar-refractivity contribution in [3.8, 4) is 11.5 Å². The average molecular weight is 307 g/mol. The van der Waals surface area contributed by atoms with Gasteiger partial charge in [0.1, 0.15) is 11.5 Å². The fourth-order valence-electron chi connectivity index (χ4n) is 2.14. The van der Waals surface area contributed by atoms with Gasteiger partial charge in [-0.15, -0.1) is 12.6 Å². The minimum Gasteiger partial charge on any atom is -0.457 e. The summed E-state index contributed by atoms with van der Waals surface area (Å²) in [7, 11) is 0. The van der Waals surface area contributed by atoms with E-state index < -0.39 is 0 Å². The summed E-state index contributed by atoms with van der Waals surface area (Å²) in [6.45, 7) is 0.703. The summed E-state index contributed by atoms with van der Waals surface area (Å²) >= 11 is 4.52. The second kappa shape index (κ2) is 7.05. The summed E-state index contributed by atoms with van der Waals surface area (Å²) in [6, 6.07) is 25.8. The Morgan fingerprint density at radius 2 is 1.45 bits per heavy atom.